The number of nitrogens with zero attached hydrogens (tertiary/aromatic N) is 1. The molecular formula is C11H12BrNO4. The number of ether oxygens (including phenoxy) is 1. The molecule has 6 heteroatoms. The predicted molar refractivity (Wildman–Crippen MR) is 67.0 cm³/mol. The summed E-state index contributed by atoms with van der Waals surface area (Å²) in [5.41, 5.74) is -0.143. The molecule has 0 fully saturated rings. The molecule has 5 nitrogen and oxygen atoms in total. The number of halogens is 1. The molecule has 1 aromatic carbocycles. The Morgan fingerprint density at radius 3 is 2.71 bits per heavy atom. The zero-order chi connectivity index (χ0) is 13.0. The number of hydrogen-bond donors (Lipinski definition) is 0. The smallest absolute Gasteiger partial charge is 0.280 e. The SMILES string of the molecule is CCOc1ccc([N+](=O)[O-])c(C(=O)C(C)Br)c1. The third-order valence-electron chi connectivity index (χ3n) is 2.10. The molecule has 0 saturated heterocycles. The van der Waals surface area contributed by atoms with Crippen molar-refractivity contribution in [3.8, 4) is 5.75 Å². The summed E-state index contributed by atoms with van der Waals surface area (Å²) in [6, 6.07) is 4.17. The highest BCUT2D eigenvalue weighted by Crippen LogP contribution is 2.26. The molecule has 0 radical (unpaired) electrons. The van der Waals surface area contributed by atoms with E-state index in [0.717, 1.165) is 0 Å². The highest BCUT2D eigenvalue weighted by molar-refractivity contribution is 9.10. The summed E-state index contributed by atoms with van der Waals surface area (Å²) in [6.07, 6.45) is 0. The number of nitro benzene ring substituents is 1. The van der Waals surface area contributed by atoms with Crippen molar-refractivity contribution in [2.24, 2.45) is 0 Å². The van der Waals surface area contributed by atoms with Crippen molar-refractivity contribution in [2.75, 3.05) is 6.61 Å². The van der Waals surface area contributed by atoms with Crippen LogP contribution in [-0.4, -0.2) is 22.1 Å². The lowest BCUT2D eigenvalue weighted by molar-refractivity contribution is -0.385. The summed E-state index contributed by atoms with van der Waals surface area (Å²) in [4.78, 5) is 21.6. The molecule has 0 N–H and O–H groups in total. The van der Waals surface area contributed by atoms with Crippen LogP contribution in [0, 0.1) is 10.1 Å². The second-order valence-electron chi connectivity index (χ2n) is 3.35. The van der Waals surface area contributed by atoms with E-state index >= 15 is 0 Å². The van der Waals surface area contributed by atoms with Crippen LogP contribution in [0.5, 0.6) is 5.75 Å². The molecule has 0 aromatic heterocycles. The Balaban J connectivity index is 3.25. The van der Waals surface area contributed by atoms with Gasteiger partial charge in [0.25, 0.3) is 5.69 Å². The van der Waals surface area contributed by atoms with Gasteiger partial charge >= 0.3 is 0 Å². The fourth-order valence-electron chi connectivity index (χ4n) is 1.34. The Kier molecular flexibility index (Phi) is 4.62. The minimum Gasteiger partial charge on any atom is -0.494 e. The van der Waals surface area contributed by atoms with Gasteiger partial charge in [-0.3, -0.25) is 14.9 Å². The Hall–Kier alpha value is -1.43. The van der Waals surface area contributed by atoms with Crippen molar-refractivity contribution < 1.29 is 14.5 Å². The quantitative estimate of drug-likeness (QED) is 0.363. The first-order valence-electron chi connectivity index (χ1n) is 5.07. The van der Waals surface area contributed by atoms with Crippen LogP contribution in [0.1, 0.15) is 24.2 Å². The van der Waals surface area contributed by atoms with Gasteiger partial charge in [-0.2, -0.15) is 0 Å². The maximum Gasteiger partial charge on any atom is 0.280 e. The Morgan fingerprint density at radius 2 is 2.24 bits per heavy atom. The number of Topliss-reactive ketones (excluding diaryl/α,β-unsaturated/α-hetero) is 1. The number of rotatable bonds is 5. The van der Waals surface area contributed by atoms with E-state index in [2.05, 4.69) is 15.9 Å². The number of carbonyl (C=O) groups is 1. The number of hydrogen-bond acceptors (Lipinski definition) is 4. The van der Waals surface area contributed by atoms with Gasteiger partial charge in [0.2, 0.25) is 0 Å². The molecule has 0 aliphatic heterocycles. The first kappa shape index (κ1) is 13.6. The van der Waals surface area contributed by atoms with Gasteiger partial charge in [-0.1, -0.05) is 15.9 Å². The molecule has 0 aliphatic rings. The molecule has 0 amide bonds. The van der Waals surface area contributed by atoms with Crippen LogP contribution in [0.15, 0.2) is 18.2 Å². The maximum absolute atomic E-state index is 11.8. The Morgan fingerprint density at radius 1 is 1.59 bits per heavy atom. The van der Waals surface area contributed by atoms with Crippen molar-refractivity contribution in [1.29, 1.82) is 0 Å². The maximum atomic E-state index is 11.8. The highest BCUT2D eigenvalue weighted by atomic mass is 79.9. The van der Waals surface area contributed by atoms with Crippen LogP contribution in [0.3, 0.4) is 0 Å². The minimum atomic E-state index is -0.571. The third-order valence-corrected chi connectivity index (χ3v) is 2.52. The lowest BCUT2D eigenvalue weighted by Crippen LogP contribution is -2.12. The zero-order valence-electron chi connectivity index (χ0n) is 9.47. The van der Waals surface area contributed by atoms with E-state index < -0.39 is 9.75 Å². The predicted octanol–water partition coefficient (Wildman–Crippen LogP) is 2.96. The number of nitro groups is 1. The normalized spacial score (nSPS) is 11.9. The van der Waals surface area contributed by atoms with E-state index in [-0.39, 0.29) is 17.0 Å². The molecule has 0 heterocycles. The van der Waals surface area contributed by atoms with Gasteiger partial charge in [-0.05, 0) is 26.0 Å². The second-order valence-corrected chi connectivity index (χ2v) is 4.72. The van der Waals surface area contributed by atoms with E-state index in [1.54, 1.807) is 13.8 Å². The summed E-state index contributed by atoms with van der Waals surface area (Å²) in [7, 11) is 0. The number of carbonyl (C=O) groups excluding carboxylic acids is 1. The van der Waals surface area contributed by atoms with Crippen molar-refractivity contribution in [2.45, 2.75) is 18.7 Å². The van der Waals surface area contributed by atoms with Gasteiger partial charge in [0.15, 0.2) is 5.78 Å². The summed E-state index contributed by atoms with van der Waals surface area (Å²) >= 11 is 3.11. The van der Waals surface area contributed by atoms with Gasteiger partial charge in [0.05, 0.1) is 16.4 Å². The molecule has 0 spiro atoms. The van der Waals surface area contributed by atoms with Crippen LogP contribution in [0.2, 0.25) is 0 Å². The minimum absolute atomic E-state index is 0.0605. The van der Waals surface area contributed by atoms with Crippen LogP contribution in [0.25, 0.3) is 0 Å². The lowest BCUT2D eigenvalue weighted by atomic mass is 10.1. The van der Waals surface area contributed by atoms with Gasteiger partial charge in [-0.25, -0.2) is 0 Å². The Labute approximate surface area is 107 Å². The highest BCUT2D eigenvalue weighted by Gasteiger charge is 2.23. The molecule has 92 valence electrons. The first-order valence-corrected chi connectivity index (χ1v) is 5.98. The zero-order valence-corrected chi connectivity index (χ0v) is 11.1. The van der Waals surface area contributed by atoms with E-state index in [1.165, 1.54) is 18.2 Å². The van der Waals surface area contributed by atoms with Gasteiger partial charge < -0.3 is 4.74 Å². The summed E-state index contributed by atoms with van der Waals surface area (Å²) in [5.74, 6) is 0.118. The second kappa shape index (κ2) is 5.77. The molecule has 0 aliphatic carbocycles. The average molecular weight is 302 g/mol. The molecule has 1 aromatic rings. The van der Waals surface area contributed by atoms with E-state index in [1.807, 2.05) is 0 Å². The number of benzene rings is 1. The van der Waals surface area contributed by atoms with Gasteiger partial charge in [-0.15, -0.1) is 0 Å². The van der Waals surface area contributed by atoms with Crippen LogP contribution in [-0.2, 0) is 0 Å². The molecule has 0 bridgehead atoms. The standard InChI is InChI=1S/C11H12BrNO4/c1-3-17-8-4-5-10(13(15)16)9(6-8)11(14)7(2)12/h4-7H,3H2,1-2H3. The molecule has 1 rings (SSSR count). The molecule has 0 saturated carbocycles. The first-order chi connectivity index (χ1) is 7.97. The number of alkyl halides is 1. The van der Waals surface area contributed by atoms with Crippen molar-refractivity contribution in [1.82, 2.24) is 0 Å². The van der Waals surface area contributed by atoms with Crippen molar-refractivity contribution in [3.63, 3.8) is 0 Å². The largest absolute Gasteiger partial charge is 0.494 e. The van der Waals surface area contributed by atoms with Crippen LogP contribution >= 0.6 is 15.9 Å². The van der Waals surface area contributed by atoms with Crippen LogP contribution < -0.4 is 4.74 Å². The molecule has 1 unspecified atom stereocenters. The van der Waals surface area contributed by atoms with Gasteiger partial charge in [0, 0.05) is 6.07 Å². The fraction of sp³-hybridized carbons (Fsp3) is 0.364. The van der Waals surface area contributed by atoms with E-state index in [9.17, 15) is 14.9 Å². The third kappa shape index (κ3) is 3.26. The van der Waals surface area contributed by atoms with E-state index in [0.29, 0.717) is 12.4 Å². The molecule has 1 atom stereocenters. The monoisotopic (exact) mass is 301 g/mol. The van der Waals surface area contributed by atoms with E-state index in [4.69, 9.17) is 4.74 Å². The Bertz CT molecular complexity index is 445. The van der Waals surface area contributed by atoms with Crippen molar-refractivity contribution >= 4 is 27.4 Å². The average Bonchev–Trinajstić information content (AvgIpc) is 2.28. The van der Waals surface area contributed by atoms with Crippen LogP contribution in [0.4, 0.5) is 5.69 Å². The fourth-order valence-corrected chi connectivity index (χ4v) is 1.59. The topological polar surface area (TPSA) is 69.4 Å². The summed E-state index contributed by atoms with van der Waals surface area (Å²) in [6.45, 7) is 3.87. The van der Waals surface area contributed by atoms with Crippen molar-refractivity contribution in [3.05, 3.63) is 33.9 Å². The number of ketones is 1. The molecule has 17 heavy (non-hydrogen) atoms. The summed E-state index contributed by atoms with van der Waals surface area (Å²) < 4.78 is 5.22. The molecular weight excluding hydrogens is 290 g/mol. The lowest BCUT2D eigenvalue weighted by Gasteiger charge is -2.07. The van der Waals surface area contributed by atoms with Gasteiger partial charge in [0.1, 0.15) is 11.3 Å². The summed E-state index contributed by atoms with van der Waals surface area (Å²) in [5, 5.41) is 10.8.